The Bertz CT molecular complexity index is 807. The van der Waals surface area contributed by atoms with E-state index in [-0.39, 0.29) is 11.9 Å². The maximum absolute atomic E-state index is 11.8. The molecule has 0 saturated heterocycles. The number of esters is 2. The molecule has 4 N–H and O–H groups in total. The van der Waals surface area contributed by atoms with Gasteiger partial charge in [-0.1, -0.05) is 37.5 Å². The third kappa shape index (κ3) is 14.3. The van der Waals surface area contributed by atoms with Gasteiger partial charge >= 0.3 is 22.5 Å². The average molecular weight is 545 g/mol. The molecule has 1 aromatic carbocycles. The zero-order valence-corrected chi connectivity index (χ0v) is 22.4. The largest absolute Gasteiger partial charge is 0.425 e. The summed E-state index contributed by atoms with van der Waals surface area (Å²) in [7, 11) is 0. The van der Waals surface area contributed by atoms with Crippen LogP contribution in [0.15, 0.2) is 30.3 Å². The van der Waals surface area contributed by atoms with Crippen LogP contribution in [0.1, 0.15) is 56.3 Å². The molecule has 0 aromatic heterocycles. The molecule has 0 amide bonds. The van der Waals surface area contributed by atoms with Gasteiger partial charge in [0.2, 0.25) is 12.6 Å². The second-order valence-corrected chi connectivity index (χ2v) is 9.75. The molecular formula is C24H36N2O8S2. The fourth-order valence-corrected chi connectivity index (χ4v) is 4.04. The van der Waals surface area contributed by atoms with E-state index in [9.17, 15) is 19.2 Å². The van der Waals surface area contributed by atoms with E-state index in [0.717, 1.165) is 49.2 Å². The van der Waals surface area contributed by atoms with E-state index >= 15 is 0 Å². The molecule has 2 atom stereocenters. The molecule has 1 saturated carbocycles. The quantitative estimate of drug-likeness (QED) is 0.318. The van der Waals surface area contributed by atoms with E-state index in [2.05, 4.69) is 0 Å². The van der Waals surface area contributed by atoms with Crippen molar-refractivity contribution in [3.05, 3.63) is 35.9 Å². The Morgan fingerprint density at radius 2 is 1.31 bits per heavy atom. The number of benzene rings is 1. The summed E-state index contributed by atoms with van der Waals surface area (Å²) >= 11 is 1.94. The van der Waals surface area contributed by atoms with Crippen LogP contribution in [0.2, 0.25) is 0 Å². The number of thioether (sulfide) groups is 2. The van der Waals surface area contributed by atoms with Gasteiger partial charge in [0.1, 0.15) is 0 Å². The Labute approximate surface area is 220 Å². The number of rotatable bonds is 10. The third-order valence-electron chi connectivity index (χ3n) is 4.70. The van der Waals surface area contributed by atoms with E-state index in [1.807, 2.05) is 0 Å². The van der Waals surface area contributed by atoms with Gasteiger partial charge in [-0.25, -0.2) is 14.4 Å². The Hall–Kier alpha value is -2.28. The lowest BCUT2D eigenvalue weighted by molar-refractivity contribution is -0.169. The number of carbonyl (C=O) groups excluding carboxylic acids is 4. The molecule has 2 unspecified atom stereocenters. The van der Waals surface area contributed by atoms with Gasteiger partial charge in [0.15, 0.2) is 0 Å². The van der Waals surface area contributed by atoms with Crippen LogP contribution in [-0.4, -0.2) is 59.7 Å². The molecule has 36 heavy (non-hydrogen) atoms. The molecule has 0 aliphatic heterocycles. The van der Waals surface area contributed by atoms with Crippen molar-refractivity contribution in [3.63, 3.8) is 0 Å². The zero-order valence-electron chi connectivity index (χ0n) is 20.7. The second kappa shape index (κ2) is 18.9. The van der Waals surface area contributed by atoms with Crippen molar-refractivity contribution in [2.75, 3.05) is 24.6 Å². The van der Waals surface area contributed by atoms with Crippen molar-refractivity contribution in [1.82, 2.24) is 0 Å². The summed E-state index contributed by atoms with van der Waals surface area (Å²) in [5.41, 5.74) is 10.9. The number of hydrogen-bond donors (Lipinski definition) is 2. The topological polar surface area (TPSA) is 157 Å². The lowest BCUT2D eigenvalue weighted by Gasteiger charge is -2.22. The van der Waals surface area contributed by atoms with Gasteiger partial charge in [-0.2, -0.15) is 0 Å². The summed E-state index contributed by atoms with van der Waals surface area (Å²) in [6, 6.07) is 8.50. The lowest BCUT2D eigenvalue weighted by Crippen LogP contribution is -2.26. The molecule has 1 fully saturated rings. The van der Waals surface area contributed by atoms with E-state index < -0.39 is 29.2 Å². The summed E-state index contributed by atoms with van der Waals surface area (Å²) in [5, 5.41) is -0.960. The van der Waals surface area contributed by atoms with Crippen LogP contribution in [0, 0.1) is 5.92 Å². The molecule has 1 aromatic rings. The highest BCUT2D eigenvalue weighted by molar-refractivity contribution is 8.13. The maximum atomic E-state index is 11.8. The SMILES string of the molecule is CC(OC(=O)SCCN)OC(=O)C1CCCCC1.CC(OC(=O)SCCN)OC(=O)c1ccccc1. The summed E-state index contributed by atoms with van der Waals surface area (Å²) in [5.74, 6) is 0.162. The first kappa shape index (κ1) is 31.7. The van der Waals surface area contributed by atoms with E-state index in [4.69, 9.17) is 30.4 Å². The Morgan fingerprint density at radius 1 is 0.806 bits per heavy atom. The van der Waals surface area contributed by atoms with Crippen molar-refractivity contribution < 1.29 is 38.1 Å². The minimum atomic E-state index is -0.921. The predicted octanol–water partition coefficient (Wildman–Crippen LogP) is 4.30. The van der Waals surface area contributed by atoms with Crippen molar-refractivity contribution in [2.45, 2.75) is 58.5 Å². The smallest absolute Gasteiger partial charge is 0.370 e. The lowest BCUT2D eigenvalue weighted by atomic mass is 9.89. The summed E-state index contributed by atoms with van der Waals surface area (Å²) in [6.07, 6.45) is 3.33. The minimum Gasteiger partial charge on any atom is -0.425 e. The molecule has 2 rings (SSSR count). The molecule has 12 heteroatoms. The summed E-state index contributed by atoms with van der Waals surface area (Å²) < 4.78 is 19.9. The van der Waals surface area contributed by atoms with Crippen LogP contribution in [0.5, 0.6) is 0 Å². The minimum absolute atomic E-state index is 0.0309. The maximum Gasteiger partial charge on any atom is 0.370 e. The molecule has 1 aliphatic rings. The van der Waals surface area contributed by atoms with Crippen molar-refractivity contribution >= 4 is 46.1 Å². The Kier molecular flexibility index (Phi) is 16.7. The first-order chi connectivity index (χ1) is 17.3. The number of nitrogens with two attached hydrogens (primary N) is 2. The third-order valence-corrected chi connectivity index (χ3v) is 6.25. The monoisotopic (exact) mass is 544 g/mol. The van der Waals surface area contributed by atoms with Crippen molar-refractivity contribution in [3.8, 4) is 0 Å². The molecule has 0 heterocycles. The van der Waals surface area contributed by atoms with E-state index in [1.54, 1.807) is 37.3 Å². The highest BCUT2D eigenvalue weighted by Crippen LogP contribution is 2.25. The molecule has 0 radical (unpaired) electrons. The zero-order chi connectivity index (χ0) is 26.8. The van der Waals surface area contributed by atoms with Gasteiger partial charge in [0, 0.05) is 38.4 Å². The molecule has 0 spiro atoms. The van der Waals surface area contributed by atoms with Gasteiger partial charge < -0.3 is 30.4 Å². The highest BCUT2D eigenvalue weighted by Gasteiger charge is 2.25. The van der Waals surface area contributed by atoms with Gasteiger partial charge in [0.05, 0.1) is 11.5 Å². The van der Waals surface area contributed by atoms with Crippen LogP contribution < -0.4 is 11.5 Å². The van der Waals surface area contributed by atoms with E-state index in [0.29, 0.717) is 30.2 Å². The predicted molar refractivity (Wildman–Crippen MR) is 139 cm³/mol. The van der Waals surface area contributed by atoms with Gasteiger partial charge in [-0.05, 0) is 48.5 Å². The number of carbonyl (C=O) groups is 4. The van der Waals surface area contributed by atoms with Crippen LogP contribution >= 0.6 is 23.5 Å². The summed E-state index contributed by atoms with van der Waals surface area (Å²) in [4.78, 5) is 45.9. The van der Waals surface area contributed by atoms with Gasteiger partial charge in [-0.3, -0.25) is 4.79 Å². The van der Waals surface area contributed by atoms with Crippen LogP contribution in [0.4, 0.5) is 9.59 Å². The van der Waals surface area contributed by atoms with Gasteiger partial charge in [-0.15, -0.1) is 0 Å². The highest BCUT2D eigenvalue weighted by atomic mass is 32.2. The van der Waals surface area contributed by atoms with Crippen LogP contribution in [-0.2, 0) is 23.7 Å². The normalized spacial score (nSPS) is 14.9. The number of hydrogen-bond acceptors (Lipinski definition) is 12. The molecule has 0 bridgehead atoms. The first-order valence-corrected chi connectivity index (χ1v) is 13.8. The fraction of sp³-hybridized carbons (Fsp3) is 0.583. The second-order valence-electron chi connectivity index (χ2n) is 7.69. The van der Waals surface area contributed by atoms with Crippen molar-refractivity contribution in [1.29, 1.82) is 0 Å². The van der Waals surface area contributed by atoms with Crippen LogP contribution in [0.25, 0.3) is 0 Å². The first-order valence-electron chi connectivity index (χ1n) is 11.8. The number of ether oxygens (including phenoxy) is 4. The Balaban J connectivity index is 0.000000360. The Morgan fingerprint density at radius 3 is 1.81 bits per heavy atom. The molecule has 1 aliphatic carbocycles. The molecule has 202 valence electrons. The standard InChI is InChI=1S/C12H21NO4S.C12H15NO4S/c2*1-9(17-12(15)18-8-7-13)16-11(14)10-5-3-2-4-6-10/h9-10H,2-8,13H2,1H3;2-6,9H,7-8,13H2,1H3. The fourth-order valence-electron chi connectivity index (χ4n) is 3.06. The average Bonchev–Trinajstić information content (AvgIpc) is 2.87. The molecular weight excluding hydrogens is 508 g/mol. The molecule has 10 nitrogen and oxygen atoms in total. The van der Waals surface area contributed by atoms with E-state index in [1.165, 1.54) is 13.3 Å². The van der Waals surface area contributed by atoms with Crippen LogP contribution in [0.3, 0.4) is 0 Å². The van der Waals surface area contributed by atoms with Crippen molar-refractivity contribution in [2.24, 2.45) is 17.4 Å². The summed E-state index contributed by atoms with van der Waals surface area (Å²) in [6.45, 7) is 3.84. The van der Waals surface area contributed by atoms with Gasteiger partial charge in [0.25, 0.3) is 0 Å².